The van der Waals surface area contributed by atoms with Gasteiger partial charge in [0.15, 0.2) is 0 Å². The Morgan fingerprint density at radius 2 is 2.05 bits per heavy atom. The monoisotopic (exact) mass is 400 g/mol. The second-order valence-corrected chi connectivity index (χ2v) is 5.26. The molecule has 0 atom stereocenters. The van der Waals surface area contributed by atoms with Gasteiger partial charge in [0, 0.05) is 17.3 Å². The Balaban J connectivity index is 3.69. The van der Waals surface area contributed by atoms with Crippen molar-refractivity contribution in [3.8, 4) is 11.8 Å². The van der Waals surface area contributed by atoms with Crippen LogP contribution >= 0.6 is 31.9 Å². The van der Waals surface area contributed by atoms with Gasteiger partial charge in [0.05, 0.1) is 0 Å². The maximum absolute atomic E-state index is 10.3. The first-order valence-electron chi connectivity index (χ1n) is 6.31. The van der Waals surface area contributed by atoms with Crippen molar-refractivity contribution in [1.29, 1.82) is 0 Å². The lowest BCUT2D eigenvalue weighted by Gasteiger charge is -1.88. The molecule has 0 radical (unpaired) electrons. The molecule has 0 aliphatic carbocycles. The molecule has 0 unspecified atom stereocenters. The fourth-order valence-electron chi connectivity index (χ4n) is 1.18. The van der Waals surface area contributed by atoms with Crippen molar-refractivity contribution >= 4 is 37.8 Å². The van der Waals surface area contributed by atoms with Crippen molar-refractivity contribution in [2.24, 2.45) is 0 Å². The zero-order chi connectivity index (χ0) is 15.1. The van der Waals surface area contributed by atoms with E-state index in [0.717, 1.165) is 17.3 Å². The van der Waals surface area contributed by atoms with Crippen LogP contribution in [0.5, 0.6) is 0 Å². The average Bonchev–Trinajstić information content (AvgIpc) is 2.40. The molecule has 0 bridgehead atoms. The Morgan fingerprint density at radius 3 is 2.75 bits per heavy atom. The molecule has 0 aliphatic rings. The van der Waals surface area contributed by atoms with Crippen molar-refractivity contribution in [3.05, 3.63) is 45.9 Å². The first kappa shape index (κ1) is 18.9. The van der Waals surface area contributed by atoms with Gasteiger partial charge in [0.1, 0.15) is 0 Å². The molecule has 1 N–H and O–H groups in total. The second-order valence-electron chi connectivity index (χ2n) is 3.81. The van der Waals surface area contributed by atoms with Crippen molar-refractivity contribution < 1.29 is 9.90 Å². The van der Waals surface area contributed by atoms with Crippen LogP contribution in [0.1, 0.15) is 32.1 Å². The van der Waals surface area contributed by atoms with E-state index in [0.29, 0.717) is 12.8 Å². The van der Waals surface area contributed by atoms with Gasteiger partial charge in [-0.25, -0.2) is 0 Å². The second kappa shape index (κ2) is 14.4. The SMILES string of the molecule is O=C(O)CCCC#CC=CC=CCCC=C(Br)C=CBr. The normalized spacial score (nSPS) is 12.2. The van der Waals surface area contributed by atoms with Crippen LogP contribution in [0.15, 0.2) is 45.9 Å². The highest BCUT2D eigenvalue weighted by molar-refractivity contribution is 9.12. The van der Waals surface area contributed by atoms with Crippen molar-refractivity contribution in [2.45, 2.75) is 32.1 Å². The number of allylic oxidation sites excluding steroid dienone is 7. The number of hydrogen-bond acceptors (Lipinski definition) is 1. The van der Waals surface area contributed by atoms with Crippen LogP contribution < -0.4 is 0 Å². The van der Waals surface area contributed by atoms with Crippen LogP contribution in [0.3, 0.4) is 0 Å². The summed E-state index contributed by atoms with van der Waals surface area (Å²) in [5.74, 6) is 5.02. The highest BCUT2D eigenvalue weighted by Gasteiger charge is 1.92. The van der Waals surface area contributed by atoms with Crippen molar-refractivity contribution in [3.63, 3.8) is 0 Å². The van der Waals surface area contributed by atoms with E-state index in [2.05, 4.69) is 55.9 Å². The van der Waals surface area contributed by atoms with Gasteiger partial charge in [0.25, 0.3) is 0 Å². The third-order valence-corrected chi connectivity index (χ3v) is 2.97. The molecule has 0 spiro atoms. The Bertz CT molecular complexity index is 449. The van der Waals surface area contributed by atoms with E-state index in [1.54, 1.807) is 11.1 Å². The standard InChI is InChI=1S/C16H18Br2O2/c17-14-13-15(18)11-9-7-5-3-1-2-4-6-8-10-12-16(19)20/h1-3,5,11,13-14H,7-10,12H2,(H,19,20). The average molecular weight is 402 g/mol. The lowest BCUT2D eigenvalue weighted by molar-refractivity contribution is -0.137. The number of carbonyl (C=O) groups is 1. The zero-order valence-electron chi connectivity index (χ0n) is 11.2. The minimum absolute atomic E-state index is 0.186. The predicted octanol–water partition coefficient (Wildman–Crippen LogP) is 5.32. The molecule has 0 aromatic rings. The Labute approximate surface area is 137 Å². The Hall–Kier alpha value is -1.05. The van der Waals surface area contributed by atoms with Gasteiger partial charge in [-0.2, -0.15) is 0 Å². The summed E-state index contributed by atoms with van der Waals surface area (Å²) < 4.78 is 1.06. The molecule has 0 heterocycles. The summed E-state index contributed by atoms with van der Waals surface area (Å²) in [6, 6.07) is 0. The first-order valence-corrected chi connectivity index (χ1v) is 8.02. The van der Waals surface area contributed by atoms with Crippen LogP contribution in [0.2, 0.25) is 0 Å². The van der Waals surface area contributed by atoms with E-state index < -0.39 is 5.97 Å². The van der Waals surface area contributed by atoms with E-state index in [9.17, 15) is 4.79 Å². The minimum Gasteiger partial charge on any atom is -0.481 e. The van der Waals surface area contributed by atoms with Gasteiger partial charge >= 0.3 is 5.97 Å². The molecule has 2 nitrogen and oxygen atoms in total. The highest BCUT2D eigenvalue weighted by Crippen LogP contribution is 2.10. The summed E-state index contributed by atoms with van der Waals surface area (Å²) in [4.78, 5) is 12.1. The fourth-order valence-corrected chi connectivity index (χ4v) is 2.18. The molecule has 0 aromatic heterocycles. The number of rotatable bonds is 8. The minimum atomic E-state index is -0.766. The van der Waals surface area contributed by atoms with Crippen molar-refractivity contribution in [1.82, 2.24) is 0 Å². The summed E-state index contributed by atoms with van der Waals surface area (Å²) in [5.41, 5.74) is 0. The molecule has 0 fully saturated rings. The number of unbranched alkanes of at least 4 members (excludes halogenated alkanes) is 2. The topological polar surface area (TPSA) is 37.3 Å². The van der Waals surface area contributed by atoms with E-state index in [1.807, 2.05) is 18.2 Å². The fraction of sp³-hybridized carbons (Fsp3) is 0.312. The predicted molar refractivity (Wildman–Crippen MR) is 91.9 cm³/mol. The third-order valence-electron chi connectivity index (χ3n) is 2.12. The summed E-state index contributed by atoms with van der Waals surface area (Å²) in [6.45, 7) is 0. The van der Waals surface area contributed by atoms with E-state index >= 15 is 0 Å². The molecule has 0 saturated carbocycles. The molecule has 0 aromatic carbocycles. The number of carboxylic acids is 1. The molecule has 0 rings (SSSR count). The van der Waals surface area contributed by atoms with E-state index in [4.69, 9.17) is 5.11 Å². The molecular formula is C16H18Br2O2. The smallest absolute Gasteiger partial charge is 0.303 e. The maximum Gasteiger partial charge on any atom is 0.303 e. The highest BCUT2D eigenvalue weighted by atomic mass is 79.9. The van der Waals surface area contributed by atoms with Gasteiger partial charge in [-0.15, -0.1) is 0 Å². The van der Waals surface area contributed by atoms with Crippen LogP contribution in [0.25, 0.3) is 0 Å². The van der Waals surface area contributed by atoms with Crippen molar-refractivity contribution in [2.75, 3.05) is 0 Å². The van der Waals surface area contributed by atoms with Gasteiger partial charge < -0.3 is 5.11 Å². The van der Waals surface area contributed by atoms with Gasteiger partial charge in [0.2, 0.25) is 0 Å². The van der Waals surface area contributed by atoms with E-state index in [1.165, 1.54) is 0 Å². The quantitative estimate of drug-likeness (QED) is 0.339. The van der Waals surface area contributed by atoms with Gasteiger partial charge in [-0.05, 0) is 36.4 Å². The molecule has 108 valence electrons. The molecule has 4 heteroatoms. The van der Waals surface area contributed by atoms with Crippen LogP contribution in [-0.2, 0) is 4.79 Å². The lowest BCUT2D eigenvalue weighted by atomic mass is 10.2. The first-order chi connectivity index (χ1) is 9.66. The van der Waals surface area contributed by atoms with Crippen LogP contribution in [-0.4, -0.2) is 11.1 Å². The maximum atomic E-state index is 10.3. The number of hydrogen-bond donors (Lipinski definition) is 1. The Kier molecular flexibility index (Phi) is 13.6. The lowest BCUT2D eigenvalue weighted by Crippen LogP contribution is -1.92. The molecule has 20 heavy (non-hydrogen) atoms. The number of aliphatic carboxylic acids is 1. The summed E-state index contributed by atoms with van der Waals surface area (Å²) in [7, 11) is 0. The third kappa shape index (κ3) is 15.0. The zero-order valence-corrected chi connectivity index (χ0v) is 14.4. The van der Waals surface area contributed by atoms with Crippen LogP contribution in [0.4, 0.5) is 0 Å². The Morgan fingerprint density at radius 1 is 1.25 bits per heavy atom. The molecule has 0 saturated heterocycles. The number of carboxylic acid groups (broad SMARTS) is 1. The van der Waals surface area contributed by atoms with E-state index in [-0.39, 0.29) is 6.42 Å². The van der Waals surface area contributed by atoms with Gasteiger partial charge in [-0.1, -0.05) is 68.0 Å². The molecule has 0 aliphatic heterocycles. The molecular weight excluding hydrogens is 384 g/mol. The summed E-state index contributed by atoms with van der Waals surface area (Å²) in [5, 5.41) is 8.44. The summed E-state index contributed by atoms with van der Waals surface area (Å²) in [6.07, 6.45) is 15.1. The molecule has 0 amide bonds. The van der Waals surface area contributed by atoms with Crippen LogP contribution in [0, 0.1) is 11.8 Å². The summed E-state index contributed by atoms with van der Waals surface area (Å²) >= 11 is 6.64. The largest absolute Gasteiger partial charge is 0.481 e. The number of halogens is 2. The van der Waals surface area contributed by atoms with Gasteiger partial charge in [-0.3, -0.25) is 4.79 Å².